The number of benzene rings is 1. The fourth-order valence-electron chi connectivity index (χ4n) is 3.23. The summed E-state index contributed by atoms with van der Waals surface area (Å²) < 4.78 is 14.3. The smallest absolute Gasteiger partial charge is 0.328 e. The van der Waals surface area contributed by atoms with Gasteiger partial charge in [-0.15, -0.1) is 0 Å². The molecule has 8 heteroatoms. The number of nitrogens with zero attached hydrogens (tertiary/aromatic N) is 1. The number of rotatable bonds is 5. The van der Waals surface area contributed by atoms with E-state index >= 15 is 0 Å². The van der Waals surface area contributed by atoms with E-state index in [9.17, 15) is 14.0 Å². The molecule has 1 heterocycles. The Hall–Kier alpha value is -2.19. The predicted molar refractivity (Wildman–Crippen MR) is 105 cm³/mol. The molecule has 0 bridgehead atoms. The average Bonchev–Trinajstić information content (AvgIpc) is 3.43. The van der Waals surface area contributed by atoms with Crippen molar-refractivity contribution < 1.29 is 29.0 Å². The van der Waals surface area contributed by atoms with Crippen LogP contribution in [-0.4, -0.2) is 51.2 Å². The standard InChI is InChI=1S/C18H20FNO3S.C2H4O2/c19-14-4-2-1-3-13(14)17(18(23)11-5-6-11)20-8-7-15(24)12(10-20)9-16(21)22;1-2(3)4/h1-4,9,11,15,17,24H,5-8,10H2,(H,21,22);1H3,(H,3,4)/b12-9-;. The van der Waals surface area contributed by atoms with Crippen molar-refractivity contribution >= 4 is 30.4 Å². The van der Waals surface area contributed by atoms with Crippen LogP contribution in [-0.2, 0) is 14.4 Å². The summed E-state index contributed by atoms with van der Waals surface area (Å²) in [6, 6.07) is 5.69. The Morgan fingerprint density at radius 2 is 1.82 bits per heavy atom. The molecule has 1 saturated carbocycles. The summed E-state index contributed by atoms with van der Waals surface area (Å²) in [5, 5.41) is 16.3. The molecular formula is C20H24FNO5S. The maximum absolute atomic E-state index is 14.3. The number of aliphatic carboxylic acids is 2. The number of Topliss-reactive ketones (excluding diaryl/α,β-unsaturated/α-hetero) is 1. The molecule has 1 saturated heterocycles. The quantitative estimate of drug-likeness (QED) is 0.511. The van der Waals surface area contributed by atoms with Crippen molar-refractivity contribution in [3.63, 3.8) is 0 Å². The number of thiol groups is 1. The lowest BCUT2D eigenvalue weighted by molar-refractivity contribution is -0.134. The average molecular weight is 409 g/mol. The van der Waals surface area contributed by atoms with E-state index in [0.29, 0.717) is 30.6 Å². The number of carbonyl (C=O) groups is 3. The van der Waals surface area contributed by atoms with E-state index in [1.54, 1.807) is 18.2 Å². The van der Waals surface area contributed by atoms with Gasteiger partial charge < -0.3 is 10.2 Å². The maximum Gasteiger partial charge on any atom is 0.328 e. The molecule has 3 rings (SSSR count). The van der Waals surface area contributed by atoms with Gasteiger partial charge in [0.15, 0.2) is 5.78 Å². The molecule has 28 heavy (non-hydrogen) atoms. The Balaban J connectivity index is 0.000000640. The highest BCUT2D eigenvalue weighted by Crippen LogP contribution is 2.39. The number of ketones is 1. The summed E-state index contributed by atoms with van der Waals surface area (Å²) in [6.07, 6.45) is 3.49. The lowest BCUT2D eigenvalue weighted by atomic mass is 9.93. The van der Waals surface area contributed by atoms with E-state index in [2.05, 4.69) is 12.6 Å². The highest BCUT2D eigenvalue weighted by atomic mass is 32.1. The van der Waals surface area contributed by atoms with Crippen LogP contribution in [0.2, 0.25) is 0 Å². The predicted octanol–water partition coefficient (Wildman–Crippen LogP) is 2.95. The third-order valence-electron chi connectivity index (χ3n) is 4.63. The van der Waals surface area contributed by atoms with Gasteiger partial charge in [-0.25, -0.2) is 9.18 Å². The second-order valence-corrected chi connectivity index (χ2v) is 7.58. The molecule has 6 nitrogen and oxygen atoms in total. The summed E-state index contributed by atoms with van der Waals surface area (Å²) >= 11 is 4.44. The topological polar surface area (TPSA) is 94.9 Å². The first-order valence-electron chi connectivity index (χ1n) is 9.04. The Kier molecular flexibility index (Phi) is 7.77. The first-order valence-corrected chi connectivity index (χ1v) is 9.55. The summed E-state index contributed by atoms with van der Waals surface area (Å²) in [6.45, 7) is 1.99. The Bertz CT molecular complexity index is 774. The molecule has 2 unspecified atom stereocenters. The van der Waals surface area contributed by atoms with E-state index < -0.39 is 23.8 Å². The molecule has 2 fully saturated rings. The number of likely N-dealkylation sites (tertiary alicyclic amines) is 1. The molecule has 0 amide bonds. The summed E-state index contributed by atoms with van der Waals surface area (Å²) in [5.74, 6) is -2.22. The van der Waals surface area contributed by atoms with Crippen LogP contribution in [0.1, 0.15) is 37.8 Å². The molecule has 0 aromatic heterocycles. The highest BCUT2D eigenvalue weighted by molar-refractivity contribution is 7.81. The molecule has 2 atom stereocenters. The third-order valence-corrected chi connectivity index (χ3v) is 5.22. The molecule has 0 spiro atoms. The first kappa shape index (κ1) is 22.1. The van der Waals surface area contributed by atoms with Crippen LogP contribution < -0.4 is 0 Å². The van der Waals surface area contributed by atoms with Crippen molar-refractivity contribution in [1.29, 1.82) is 0 Å². The molecule has 1 aliphatic carbocycles. The van der Waals surface area contributed by atoms with Crippen LogP contribution in [0.15, 0.2) is 35.9 Å². The SMILES string of the molecule is CC(=O)O.O=C(O)/C=C1/CN(C(C(=O)C2CC2)c2ccccc2F)CCC1S. The van der Waals surface area contributed by atoms with Crippen LogP contribution >= 0.6 is 12.6 Å². The van der Waals surface area contributed by atoms with Gasteiger partial charge in [-0.2, -0.15) is 12.6 Å². The lowest BCUT2D eigenvalue weighted by Gasteiger charge is -2.37. The monoisotopic (exact) mass is 409 g/mol. The van der Waals surface area contributed by atoms with Crippen LogP contribution in [0.25, 0.3) is 0 Å². The summed E-state index contributed by atoms with van der Waals surface area (Å²) in [7, 11) is 0. The Morgan fingerprint density at radius 1 is 1.21 bits per heavy atom. The number of carboxylic acids is 2. The van der Waals surface area contributed by atoms with E-state index in [1.807, 2.05) is 4.90 Å². The van der Waals surface area contributed by atoms with Crippen molar-refractivity contribution in [3.8, 4) is 0 Å². The zero-order chi connectivity index (χ0) is 20.8. The number of hydrogen-bond donors (Lipinski definition) is 3. The Morgan fingerprint density at radius 3 is 2.36 bits per heavy atom. The van der Waals surface area contributed by atoms with Crippen molar-refractivity contribution in [3.05, 3.63) is 47.3 Å². The van der Waals surface area contributed by atoms with Gasteiger partial charge in [0.1, 0.15) is 5.82 Å². The zero-order valence-corrected chi connectivity index (χ0v) is 16.4. The van der Waals surface area contributed by atoms with Crippen molar-refractivity contribution in [2.75, 3.05) is 13.1 Å². The molecule has 1 aliphatic heterocycles. The second-order valence-electron chi connectivity index (χ2n) is 6.95. The van der Waals surface area contributed by atoms with E-state index in [4.69, 9.17) is 15.0 Å². The third kappa shape index (κ3) is 6.17. The molecule has 0 radical (unpaired) electrons. The summed E-state index contributed by atoms with van der Waals surface area (Å²) in [5.41, 5.74) is 1.03. The van der Waals surface area contributed by atoms with Gasteiger partial charge >= 0.3 is 5.97 Å². The lowest BCUT2D eigenvalue weighted by Crippen LogP contribution is -2.42. The fraction of sp³-hybridized carbons (Fsp3) is 0.450. The fourth-order valence-corrected chi connectivity index (χ4v) is 3.50. The van der Waals surface area contributed by atoms with Crippen LogP contribution in [0.4, 0.5) is 4.39 Å². The Labute approximate surface area is 168 Å². The van der Waals surface area contributed by atoms with Gasteiger partial charge in [0.25, 0.3) is 5.97 Å². The first-order chi connectivity index (χ1) is 13.2. The van der Waals surface area contributed by atoms with Gasteiger partial charge in [-0.05, 0) is 30.9 Å². The molecule has 1 aromatic rings. The van der Waals surface area contributed by atoms with Gasteiger partial charge in [-0.1, -0.05) is 18.2 Å². The highest BCUT2D eigenvalue weighted by Gasteiger charge is 2.40. The van der Waals surface area contributed by atoms with Crippen LogP contribution in [0.5, 0.6) is 0 Å². The van der Waals surface area contributed by atoms with Crippen LogP contribution in [0, 0.1) is 11.7 Å². The van der Waals surface area contributed by atoms with Gasteiger partial charge in [0.2, 0.25) is 0 Å². The number of piperidine rings is 1. The summed E-state index contributed by atoms with van der Waals surface area (Å²) in [4.78, 5) is 34.7. The minimum atomic E-state index is -1.03. The number of halogens is 1. The van der Waals surface area contributed by atoms with Crippen molar-refractivity contribution in [2.45, 2.75) is 37.5 Å². The van der Waals surface area contributed by atoms with E-state index in [0.717, 1.165) is 25.8 Å². The number of hydrogen-bond acceptors (Lipinski definition) is 5. The normalized spacial score (nSPS) is 22.1. The van der Waals surface area contributed by atoms with E-state index in [-0.39, 0.29) is 17.0 Å². The minimum Gasteiger partial charge on any atom is -0.481 e. The largest absolute Gasteiger partial charge is 0.481 e. The molecule has 2 aliphatic rings. The molecule has 1 aromatic carbocycles. The van der Waals surface area contributed by atoms with Crippen LogP contribution in [0.3, 0.4) is 0 Å². The minimum absolute atomic E-state index is 0.00441. The van der Waals surface area contributed by atoms with E-state index in [1.165, 1.54) is 6.07 Å². The maximum atomic E-state index is 14.3. The van der Waals surface area contributed by atoms with Gasteiger partial charge in [0, 0.05) is 42.8 Å². The number of carbonyl (C=O) groups excluding carboxylic acids is 1. The van der Waals surface area contributed by atoms with Crippen molar-refractivity contribution in [2.24, 2.45) is 5.92 Å². The molecular weight excluding hydrogens is 385 g/mol. The second kappa shape index (κ2) is 9.84. The van der Waals surface area contributed by atoms with Gasteiger partial charge in [0.05, 0.1) is 6.04 Å². The molecule has 152 valence electrons. The van der Waals surface area contributed by atoms with Crippen molar-refractivity contribution in [1.82, 2.24) is 4.90 Å². The zero-order valence-electron chi connectivity index (χ0n) is 15.5. The molecule has 2 N–H and O–H groups in total. The van der Waals surface area contributed by atoms with Gasteiger partial charge in [-0.3, -0.25) is 14.5 Å². The number of carboxylic acid groups (broad SMARTS) is 2.